The summed E-state index contributed by atoms with van der Waals surface area (Å²) in [7, 11) is -3.12. The molecule has 0 heterocycles. The molecule has 1 aromatic carbocycles. The summed E-state index contributed by atoms with van der Waals surface area (Å²) < 4.78 is 24.1. The van der Waals surface area contributed by atoms with E-state index in [2.05, 4.69) is 10.0 Å². The van der Waals surface area contributed by atoms with Crippen LogP contribution in [0.1, 0.15) is 12.0 Å². The molecular weight excluding hydrogens is 306 g/mol. The van der Waals surface area contributed by atoms with Crippen LogP contribution in [0.3, 0.4) is 0 Å². The maximum absolute atomic E-state index is 10.8. The van der Waals surface area contributed by atoms with Gasteiger partial charge in [-0.05, 0) is 24.6 Å². The molecule has 0 aliphatic heterocycles. The minimum absolute atomic E-state index is 0.258. The van der Waals surface area contributed by atoms with E-state index in [0.29, 0.717) is 30.1 Å². The third-order valence-corrected chi connectivity index (χ3v) is 3.54. The third kappa shape index (κ3) is 6.20. The van der Waals surface area contributed by atoms with Crippen LogP contribution in [0, 0.1) is 0 Å². The predicted octanol–water partition coefficient (Wildman–Crippen LogP) is 1.33. The zero-order chi connectivity index (χ0) is 14.5. The minimum atomic E-state index is -3.12. The van der Waals surface area contributed by atoms with Crippen LogP contribution < -0.4 is 15.8 Å². The van der Waals surface area contributed by atoms with Crippen LogP contribution in [0.5, 0.6) is 0 Å². The molecule has 0 saturated heterocycles. The minimum Gasteiger partial charge on any atom is -0.389 e. The maximum atomic E-state index is 10.8. The van der Waals surface area contributed by atoms with E-state index in [1.165, 1.54) is 0 Å². The van der Waals surface area contributed by atoms with Gasteiger partial charge < -0.3 is 11.1 Å². The lowest BCUT2D eigenvalue weighted by Crippen LogP contribution is -2.24. The molecular formula is C11H16ClN3O2S2. The van der Waals surface area contributed by atoms with E-state index in [0.717, 1.165) is 11.9 Å². The lowest BCUT2D eigenvalue weighted by molar-refractivity contribution is 0.586. The third-order valence-electron chi connectivity index (χ3n) is 2.28. The van der Waals surface area contributed by atoms with Crippen LogP contribution in [-0.2, 0) is 10.0 Å². The van der Waals surface area contributed by atoms with Crippen LogP contribution >= 0.6 is 23.8 Å². The van der Waals surface area contributed by atoms with Crippen molar-refractivity contribution >= 4 is 44.5 Å². The lowest BCUT2D eigenvalue weighted by atomic mass is 10.2. The van der Waals surface area contributed by atoms with Gasteiger partial charge >= 0.3 is 0 Å². The highest BCUT2D eigenvalue weighted by molar-refractivity contribution is 7.88. The molecule has 0 spiro atoms. The predicted molar refractivity (Wildman–Crippen MR) is 83.3 cm³/mol. The van der Waals surface area contributed by atoms with Crippen molar-refractivity contribution in [2.75, 3.05) is 24.7 Å². The van der Waals surface area contributed by atoms with Crippen molar-refractivity contribution in [1.82, 2.24) is 4.72 Å². The smallest absolute Gasteiger partial charge is 0.208 e. The van der Waals surface area contributed by atoms with Gasteiger partial charge in [0.15, 0.2) is 0 Å². The van der Waals surface area contributed by atoms with Gasteiger partial charge in [0.25, 0.3) is 0 Å². The number of hydrogen-bond donors (Lipinski definition) is 3. The Kier molecular flexibility index (Phi) is 5.99. The van der Waals surface area contributed by atoms with E-state index in [-0.39, 0.29) is 4.99 Å². The van der Waals surface area contributed by atoms with Gasteiger partial charge in [0, 0.05) is 24.3 Å². The normalized spacial score (nSPS) is 11.3. The van der Waals surface area contributed by atoms with Crippen LogP contribution in [0.25, 0.3) is 0 Å². The van der Waals surface area contributed by atoms with Crippen LogP contribution in [0.15, 0.2) is 18.2 Å². The zero-order valence-electron chi connectivity index (χ0n) is 10.4. The van der Waals surface area contributed by atoms with Crippen molar-refractivity contribution < 1.29 is 8.42 Å². The first kappa shape index (κ1) is 16.2. The molecule has 0 bridgehead atoms. The van der Waals surface area contributed by atoms with Crippen molar-refractivity contribution in [3.8, 4) is 0 Å². The van der Waals surface area contributed by atoms with Crippen LogP contribution in [-0.4, -0.2) is 32.8 Å². The van der Waals surface area contributed by atoms with Gasteiger partial charge in [-0.25, -0.2) is 13.1 Å². The monoisotopic (exact) mass is 321 g/mol. The van der Waals surface area contributed by atoms with Crippen LogP contribution in [0.4, 0.5) is 5.69 Å². The van der Waals surface area contributed by atoms with Crippen molar-refractivity contribution in [2.45, 2.75) is 6.42 Å². The fraction of sp³-hybridized carbons (Fsp3) is 0.364. The number of thiocarbonyl (C=S) groups is 1. The van der Waals surface area contributed by atoms with Gasteiger partial charge in [0.2, 0.25) is 10.0 Å². The summed E-state index contributed by atoms with van der Waals surface area (Å²) in [5.41, 5.74) is 6.98. The summed E-state index contributed by atoms with van der Waals surface area (Å²) in [6.45, 7) is 1.02. The topological polar surface area (TPSA) is 84.2 Å². The summed E-state index contributed by atoms with van der Waals surface area (Å²) in [6.07, 6.45) is 1.80. The lowest BCUT2D eigenvalue weighted by Gasteiger charge is -2.09. The average molecular weight is 322 g/mol. The number of rotatable bonds is 7. The molecule has 1 rings (SSSR count). The Morgan fingerprint density at radius 2 is 2.11 bits per heavy atom. The van der Waals surface area contributed by atoms with Gasteiger partial charge in [0.1, 0.15) is 4.99 Å². The highest BCUT2D eigenvalue weighted by atomic mass is 35.5. The Morgan fingerprint density at radius 1 is 1.42 bits per heavy atom. The van der Waals surface area contributed by atoms with Gasteiger partial charge in [-0.15, -0.1) is 0 Å². The summed E-state index contributed by atoms with van der Waals surface area (Å²) in [5, 5.41) is 3.63. The molecule has 0 radical (unpaired) electrons. The summed E-state index contributed by atoms with van der Waals surface area (Å²) in [6, 6.07) is 5.31. The van der Waals surface area contributed by atoms with Crippen LogP contribution in [0.2, 0.25) is 5.02 Å². The number of halogens is 1. The second-order valence-corrected chi connectivity index (χ2v) is 6.69. The van der Waals surface area contributed by atoms with E-state index in [9.17, 15) is 8.42 Å². The molecule has 0 amide bonds. The summed E-state index contributed by atoms with van der Waals surface area (Å²) in [4.78, 5) is 0.258. The highest BCUT2D eigenvalue weighted by Gasteiger charge is 2.04. The fourth-order valence-corrected chi connectivity index (χ4v) is 2.44. The first-order valence-electron chi connectivity index (χ1n) is 5.57. The number of sulfonamides is 1. The molecule has 0 atom stereocenters. The largest absolute Gasteiger partial charge is 0.389 e. The van der Waals surface area contributed by atoms with Crippen molar-refractivity contribution in [3.05, 3.63) is 28.8 Å². The number of anilines is 1. The maximum Gasteiger partial charge on any atom is 0.208 e. The van der Waals surface area contributed by atoms with E-state index in [1.807, 2.05) is 6.07 Å². The van der Waals surface area contributed by atoms with Gasteiger partial charge in [-0.1, -0.05) is 23.8 Å². The summed E-state index contributed by atoms with van der Waals surface area (Å²) in [5.74, 6) is 0. The zero-order valence-corrected chi connectivity index (χ0v) is 12.8. The second-order valence-electron chi connectivity index (χ2n) is 4.01. The average Bonchev–Trinajstić information content (AvgIpc) is 2.26. The Balaban J connectivity index is 2.42. The van der Waals surface area contributed by atoms with Crippen molar-refractivity contribution in [3.63, 3.8) is 0 Å². The van der Waals surface area contributed by atoms with E-state index in [4.69, 9.17) is 29.6 Å². The Hall–Kier alpha value is -0.890. The van der Waals surface area contributed by atoms with Gasteiger partial charge in [-0.3, -0.25) is 0 Å². The van der Waals surface area contributed by atoms with E-state index >= 15 is 0 Å². The quantitative estimate of drug-likeness (QED) is 0.521. The first-order chi connectivity index (χ1) is 8.79. The second kappa shape index (κ2) is 7.04. The molecule has 5 nitrogen and oxygen atoms in total. The summed E-state index contributed by atoms with van der Waals surface area (Å²) >= 11 is 10.9. The highest BCUT2D eigenvalue weighted by Crippen LogP contribution is 2.20. The molecule has 0 aromatic heterocycles. The molecule has 0 aliphatic carbocycles. The fourth-order valence-electron chi connectivity index (χ4n) is 1.40. The molecule has 0 aliphatic rings. The Labute approximate surface area is 123 Å². The molecule has 19 heavy (non-hydrogen) atoms. The molecule has 0 saturated carbocycles. The van der Waals surface area contributed by atoms with Gasteiger partial charge in [0.05, 0.1) is 11.3 Å². The number of nitrogens with two attached hydrogens (primary N) is 1. The Bertz CT molecular complexity index is 561. The first-order valence-corrected chi connectivity index (χ1v) is 8.25. The number of hydrogen-bond acceptors (Lipinski definition) is 4. The van der Waals surface area contributed by atoms with Crippen molar-refractivity contribution in [1.29, 1.82) is 0 Å². The SMILES string of the molecule is CS(=O)(=O)NCCCNc1ccc(C(N)=S)c(Cl)c1. The van der Waals surface area contributed by atoms with E-state index in [1.54, 1.807) is 12.1 Å². The molecule has 8 heteroatoms. The molecule has 106 valence electrons. The Morgan fingerprint density at radius 3 is 2.63 bits per heavy atom. The number of nitrogens with one attached hydrogen (secondary N) is 2. The number of benzene rings is 1. The van der Waals surface area contributed by atoms with E-state index < -0.39 is 10.0 Å². The molecule has 0 unspecified atom stereocenters. The van der Waals surface area contributed by atoms with Gasteiger partial charge in [-0.2, -0.15) is 0 Å². The van der Waals surface area contributed by atoms with Crippen molar-refractivity contribution in [2.24, 2.45) is 5.73 Å². The molecule has 0 fully saturated rings. The standard InChI is InChI=1S/C11H16ClN3O2S2/c1-19(16,17)15-6-2-5-14-8-3-4-9(11(13)18)10(12)7-8/h3-4,7,14-15H,2,5-6H2,1H3,(H2,13,18). The molecule has 4 N–H and O–H groups in total. The molecule has 1 aromatic rings.